The van der Waals surface area contributed by atoms with E-state index in [1.165, 1.54) is 0 Å². The lowest BCUT2D eigenvalue weighted by atomic mass is 9.84. The molecule has 1 aliphatic rings. The van der Waals surface area contributed by atoms with Crippen LogP contribution >= 0.6 is 0 Å². The molecule has 0 saturated heterocycles. The normalized spacial score (nSPS) is 18.9. The summed E-state index contributed by atoms with van der Waals surface area (Å²) in [5, 5.41) is 11.4. The minimum atomic E-state index is -1.98. The lowest BCUT2D eigenvalue weighted by Gasteiger charge is -2.40. The summed E-state index contributed by atoms with van der Waals surface area (Å²) in [4.78, 5) is 12.7. The van der Waals surface area contributed by atoms with Gasteiger partial charge in [-0.2, -0.15) is 0 Å². The van der Waals surface area contributed by atoms with Crippen molar-refractivity contribution in [2.24, 2.45) is 11.8 Å². The second-order valence-corrected chi connectivity index (χ2v) is 17.4. The fourth-order valence-corrected chi connectivity index (χ4v) is 6.20. The van der Waals surface area contributed by atoms with Crippen LogP contribution in [0.2, 0.25) is 18.1 Å². The number of methoxy groups -OCH3 is 1. The molecule has 0 fully saturated rings. The summed E-state index contributed by atoms with van der Waals surface area (Å²) >= 11 is 0. The first kappa shape index (κ1) is 34.3. The number of benzene rings is 1. The Kier molecular flexibility index (Phi) is 14.7. The van der Waals surface area contributed by atoms with Gasteiger partial charge in [0.25, 0.3) is 0 Å². The maximum atomic E-state index is 12.7. The zero-order chi connectivity index (χ0) is 29.6. The van der Waals surface area contributed by atoms with Gasteiger partial charge in [0.2, 0.25) is 0 Å². The van der Waals surface area contributed by atoms with Crippen molar-refractivity contribution in [2.75, 3.05) is 13.7 Å². The Morgan fingerprint density at radius 1 is 1.05 bits per heavy atom. The smallest absolute Gasteiger partial charge is 0.192 e. The largest absolute Gasteiger partial charge is 0.497 e. The van der Waals surface area contributed by atoms with Crippen molar-refractivity contribution in [3.8, 4) is 17.6 Å². The number of carbonyl (C=O) groups is 1. The Labute approximate surface area is 245 Å². The lowest BCUT2D eigenvalue weighted by molar-refractivity contribution is -0.122. The number of hydrogen-bond acceptors (Lipinski definition) is 5. The Morgan fingerprint density at radius 2 is 1.77 bits per heavy atom. The quantitative estimate of drug-likeness (QED) is 0.117. The van der Waals surface area contributed by atoms with Gasteiger partial charge in [0.1, 0.15) is 5.75 Å². The molecule has 2 rings (SSSR count). The van der Waals surface area contributed by atoms with E-state index in [4.69, 9.17) is 13.9 Å². The number of ether oxygens (including phenoxy) is 2. The molecule has 0 saturated carbocycles. The molecule has 0 heterocycles. The van der Waals surface area contributed by atoms with Gasteiger partial charge in [-0.05, 0) is 67.6 Å². The third kappa shape index (κ3) is 11.5. The van der Waals surface area contributed by atoms with Crippen LogP contribution in [0.25, 0.3) is 0 Å². The number of aliphatic hydroxyl groups excluding tert-OH is 1. The zero-order valence-corrected chi connectivity index (χ0v) is 27.1. The minimum absolute atomic E-state index is 0.0190. The number of ketones is 1. The molecule has 1 unspecified atom stereocenters. The van der Waals surface area contributed by atoms with Crippen molar-refractivity contribution in [3.05, 3.63) is 42.0 Å². The van der Waals surface area contributed by atoms with E-state index in [2.05, 4.69) is 52.6 Å². The van der Waals surface area contributed by atoms with E-state index in [0.29, 0.717) is 26.1 Å². The number of allylic oxidation sites excluding steroid dienone is 2. The van der Waals surface area contributed by atoms with E-state index in [0.717, 1.165) is 56.3 Å². The van der Waals surface area contributed by atoms with Gasteiger partial charge in [0, 0.05) is 31.5 Å². The number of aliphatic hydroxyl groups is 1. The minimum Gasteiger partial charge on any atom is -0.497 e. The van der Waals surface area contributed by atoms with Crippen LogP contribution in [0.1, 0.15) is 91.0 Å². The van der Waals surface area contributed by atoms with E-state index in [1.807, 2.05) is 30.3 Å². The van der Waals surface area contributed by atoms with Gasteiger partial charge in [-0.15, -0.1) is 11.8 Å². The highest BCUT2D eigenvalue weighted by molar-refractivity contribution is 6.74. The Morgan fingerprint density at radius 3 is 2.42 bits per heavy atom. The van der Waals surface area contributed by atoms with Gasteiger partial charge in [-0.1, -0.05) is 65.2 Å². The van der Waals surface area contributed by atoms with Crippen LogP contribution in [0.3, 0.4) is 0 Å². The molecule has 6 heteroatoms. The molecule has 1 aliphatic carbocycles. The zero-order valence-electron chi connectivity index (χ0n) is 26.1. The SMILES string of the molecule is CCCCC[C@@H](CC(O)[C@H]1C(=O)C=C[C@@H]1CC#CCCCCOCc1ccc(OC)cc1)O[Si](C)(C)C(C)(C)C. The highest BCUT2D eigenvalue weighted by atomic mass is 28.4. The molecule has 0 bridgehead atoms. The predicted molar refractivity (Wildman–Crippen MR) is 167 cm³/mol. The van der Waals surface area contributed by atoms with Gasteiger partial charge in [0.15, 0.2) is 14.1 Å². The van der Waals surface area contributed by atoms with Crippen LogP contribution in [0.5, 0.6) is 5.75 Å². The first-order valence-electron chi connectivity index (χ1n) is 15.2. The lowest BCUT2D eigenvalue weighted by Crippen LogP contribution is -2.45. The Bertz CT molecular complexity index is 967. The fraction of sp³-hybridized carbons (Fsp3) is 0.676. The standard InChI is InChI=1S/C34H54O5Si/c1-8-9-13-17-30(39-40(6,7)34(2,3)4)25-32(36)33-28(20-23-31(33)35)16-14-11-10-12-15-24-38-26-27-18-21-29(37-5)22-19-27/h18-23,28,30,32-33,36H,8-10,12-13,15-17,24-26H2,1-7H3/t28-,30-,32?,33+/m0/s1. The van der Waals surface area contributed by atoms with Crippen molar-refractivity contribution in [3.63, 3.8) is 0 Å². The van der Waals surface area contributed by atoms with Crippen LogP contribution in [0.15, 0.2) is 36.4 Å². The molecule has 1 aromatic rings. The van der Waals surface area contributed by atoms with Gasteiger partial charge < -0.3 is 19.0 Å². The highest BCUT2D eigenvalue weighted by Gasteiger charge is 2.41. The second kappa shape index (κ2) is 17.1. The molecule has 40 heavy (non-hydrogen) atoms. The van der Waals surface area contributed by atoms with E-state index in [-0.39, 0.29) is 22.8 Å². The molecular weight excluding hydrogens is 516 g/mol. The predicted octanol–water partition coefficient (Wildman–Crippen LogP) is 7.87. The van der Waals surface area contributed by atoms with Crippen molar-refractivity contribution in [1.82, 2.24) is 0 Å². The maximum absolute atomic E-state index is 12.7. The summed E-state index contributed by atoms with van der Waals surface area (Å²) in [5.74, 6) is 6.95. The molecule has 1 N–H and O–H groups in total. The first-order valence-corrected chi connectivity index (χ1v) is 18.1. The summed E-state index contributed by atoms with van der Waals surface area (Å²) in [6.45, 7) is 14.8. The molecule has 0 amide bonds. The van der Waals surface area contributed by atoms with Gasteiger partial charge in [-0.3, -0.25) is 4.79 Å². The molecule has 4 atom stereocenters. The van der Waals surface area contributed by atoms with Crippen molar-refractivity contribution < 1.29 is 23.8 Å². The number of rotatable bonds is 17. The average molecular weight is 571 g/mol. The average Bonchev–Trinajstić information content (AvgIpc) is 3.27. The summed E-state index contributed by atoms with van der Waals surface area (Å²) in [5.41, 5.74) is 1.13. The summed E-state index contributed by atoms with van der Waals surface area (Å²) in [6, 6.07) is 7.93. The monoisotopic (exact) mass is 570 g/mol. The van der Waals surface area contributed by atoms with E-state index >= 15 is 0 Å². The molecule has 0 aliphatic heterocycles. The van der Waals surface area contributed by atoms with Crippen LogP contribution in [-0.4, -0.2) is 45.1 Å². The summed E-state index contributed by atoms with van der Waals surface area (Å²) in [7, 11) is -0.315. The summed E-state index contributed by atoms with van der Waals surface area (Å²) < 4.78 is 17.7. The fourth-order valence-electron chi connectivity index (χ4n) is 4.79. The summed E-state index contributed by atoms with van der Waals surface area (Å²) in [6.07, 6.45) is 11.0. The maximum Gasteiger partial charge on any atom is 0.192 e. The van der Waals surface area contributed by atoms with E-state index < -0.39 is 20.3 Å². The molecule has 0 radical (unpaired) electrons. The van der Waals surface area contributed by atoms with Crippen LogP contribution in [0, 0.1) is 23.7 Å². The molecule has 0 spiro atoms. The van der Waals surface area contributed by atoms with Crippen LogP contribution < -0.4 is 4.74 Å². The Balaban J connectivity index is 1.79. The van der Waals surface area contributed by atoms with Crippen LogP contribution in [0.4, 0.5) is 0 Å². The molecular formula is C34H54O5Si. The topological polar surface area (TPSA) is 65.0 Å². The number of unbranched alkanes of at least 4 members (excludes halogenated alkanes) is 4. The third-order valence-electron chi connectivity index (χ3n) is 8.34. The van der Waals surface area contributed by atoms with Crippen LogP contribution in [-0.2, 0) is 20.6 Å². The molecule has 0 aromatic heterocycles. The third-order valence-corrected chi connectivity index (χ3v) is 12.9. The second-order valence-electron chi connectivity index (χ2n) is 12.7. The van der Waals surface area contributed by atoms with E-state index in [9.17, 15) is 9.90 Å². The van der Waals surface area contributed by atoms with Gasteiger partial charge in [0.05, 0.1) is 25.7 Å². The number of carbonyl (C=O) groups excluding carboxylic acids is 1. The van der Waals surface area contributed by atoms with E-state index in [1.54, 1.807) is 13.2 Å². The van der Waals surface area contributed by atoms with Gasteiger partial charge in [-0.25, -0.2) is 0 Å². The molecule has 1 aromatic carbocycles. The first-order chi connectivity index (χ1) is 19.0. The van der Waals surface area contributed by atoms with Crippen molar-refractivity contribution in [1.29, 1.82) is 0 Å². The number of hydrogen-bond donors (Lipinski definition) is 1. The molecule has 5 nitrogen and oxygen atoms in total. The molecule has 224 valence electrons. The Hall–Kier alpha value is -1.91. The van der Waals surface area contributed by atoms with Crippen molar-refractivity contribution in [2.45, 2.75) is 122 Å². The van der Waals surface area contributed by atoms with Crippen molar-refractivity contribution >= 4 is 14.1 Å². The van der Waals surface area contributed by atoms with Gasteiger partial charge >= 0.3 is 0 Å². The highest BCUT2D eigenvalue weighted by Crippen LogP contribution is 2.39.